The maximum atomic E-state index is 12.9. The minimum absolute atomic E-state index is 0. The minimum atomic E-state index is -0.132. The van der Waals surface area contributed by atoms with Gasteiger partial charge >= 0.3 is 0 Å². The van der Waals surface area contributed by atoms with Gasteiger partial charge in [-0.25, -0.2) is 0 Å². The molecule has 3 rings (SSSR count). The fourth-order valence-corrected chi connectivity index (χ4v) is 3.26. The lowest BCUT2D eigenvalue weighted by Crippen LogP contribution is -2.57. The van der Waals surface area contributed by atoms with Crippen LogP contribution in [0.3, 0.4) is 0 Å². The molecule has 0 bridgehead atoms. The molecule has 2 atom stereocenters. The standard InChI is InChI=1S/C21H25N3O2.ClH/c1-15-16(2)24(13-12-22-15)21(26)18-9-7-8-17(14-18)20(25)23(3)19-10-5-4-6-11-19;/h4-11,14-16,22H,12-13H2,1-3H3;1H. The van der Waals surface area contributed by atoms with Gasteiger partial charge in [-0.15, -0.1) is 12.4 Å². The number of carbonyl (C=O) groups is 2. The molecule has 1 saturated heterocycles. The molecule has 1 heterocycles. The van der Waals surface area contributed by atoms with Gasteiger partial charge in [-0.1, -0.05) is 24.3 Å². The van der Waals surface area contributed by atoms with Gasteiger partial charge in [0.15, 0.2) is 0 Å². The zero-order chi connectivity index (χ0) is 18.7. The summed E-state index contributed by atoms with van der Waals surface area (Å²) in [7, 11) is 1.74. The van der Waals surface area contributed by atoms with Crippen LogP contribution < -0.4 is 10.2 Å². The number of para-hydroxylation sites is 1. The van der Waals surface area contributed by atoms with Crippen LogP contribution in [-0.2, 0) is 0 Å². The molecule has 6 heteroatoms. The number of rotatable bonds is 3. The monoisotopic (exact) mass is 387 g/mol. The van der Waals surface area contributed by atoms with E-state index in [-0.39, 0.29) is 36.3 Å². The van der Waals surface area contributed by atoms with E-state index < -0.39 is 0 Å². The molecule has 2 aromatic carbocycles. The number of nitrogens with zero attached hydrogens (tertiary/aromatic N) is 2. The first-order valence-electron chi connectivity index (χ1n) is 8.96. The zero-order valence-corrected chi connectivity index (χ0v) is 16.7. The van der Waals surface area contributed by atoms with E-state index in [9.17, 15) is 9.59 Å². The number of nitrogens with one attached hydrogen (secondary N) is 1. The molecule has 2 amide bonds. The van der Waals surface area contributed by atoms with Crippen LogP contribution in [0.4, 0.5) is 5.69 Å². The molecule has 0 radical (unpaired) electrons. The highest BCUT2D eigenvalue weighted by molar-refractivity contribution is 6.07. The Kier molecular flexibility index (Phi) is 6.99. The molecule has 0 saturated carbocycles. The summed E-state index contributed by atoms with van der Waals surface area (Å²) in [5.74, 6) is -0.157. The van der Waals surface area contributed by atoms with Crippen LogP contribution in [-0.4, -0.2) is 48.9 Å². The summed E-state index contributed by atoms with van der Waals surface area (Å²) in [6.45, 7) is 5.59. The number of halogens is 1. The fourth-order valence-electron chi connectivity index (χ4n) is 3.26. The van der Waals surface area contributed by atoms with Crippen molar-refractivity contribution >= 4 is 29.9 Å². The molecule has 0 spiro atoms. The molecule has 1 aliphatic rings. The van der Waals surface area contributed by atoms with Crippen molar-refractivity contribution in [1.29, 1.82) is 0 Å². The molecule has 0 aromatic heterocycles. The molecule has 144 valence electrons. The summed E-state index contributed by atoms with van der Waals surface area (Å²) < 4.78 is 0. The average molecular weight is 388 g/mol. The first-order valence-corrected chi connectivity index (χ1v) is 8.96. The Bertz CT molecular complexity index is 797. The molecule has 1 aliphatic heterocycles. The van der Waals surface area contributed by atoms with Crippen molar-refractivity contribution in [2.24, 2.45) is 0 Å². The Morgan fingerprint density at radius 3 is 2.41 bits per heavy atom. The fraction of sp³-hybridized carbons (Fsp3) is 0.333. The maximum Gasteiger partial charge on any atom is 0.258 e. The van der Waals surface area contributed by atoms with Crippen molar-refractivity contribution in [3.63, 3.8) is 0 Å². The third-order valence-corrected chi connectivity index (χ3v) is 5.10. The van der Waals surface area contributed by atoms with Crippen LogP contribution in [0.15, 0.2) is 54.6 Å². The number of piperazine rings is 1. The van der Waals surface area contributed by atoms with Gasteiger partial charge in [0, 0.05) is 49.0 Å². The Labute approximate surface area is 166 Å². The van der Waals surface area contributed by atoms with Crippen LogP contribution in [0, 0.1) is 0 Å². The average Bonchev–Trinajstić information content (AvgIpc) is 2.69. The highest BCUT2D eigenvalue weighted by Crippen LogP contribution is 2.18. The molecular weight excluding hydrogens is 362 g/mol. The first kappa shape index (κ1) is 20.9. The van der Waals surface area contributed by atoms with E-state index in [0.717, 1.165) is 12.2 Å². The Morgan fingerprint density at radius 2 is 1.70 bits per heavy atom. The summed E-state index contributed by atoms with van der Waals surface area (Å²) in [4.78, 5) is 29.2. The second kappa shape index (κ2) is 9.02. The summed E-state index contributed by atoms with van der Waals surface area (Å²) >= 11 is 0. The molecular formula is C21H26ClN3O2. The van der Waals surface area contributed by atoms with E-state index in [0.29, 0.717) is 17.7 Å². The van der Waals surface area contributed by atoms with Crippen molar-refractivity contribution in [3.05, 3.63) is 65.7 Å². The Morgan fingerprint density at radius 1 is 1.04 bits per heavy atom. The quantitative estimate of drug-likeness (QED) is 0.879. The van der Waals surface area contributed by atoms with Crippen LogP contribution in [0.25, 0.3) is 0 Å². The maximum absolute atomic E-state index is 12.9. The molecule has 5 nitrogen and oxygen atoms in total. The topological polar surface area (TPSA) is 52.7 Å². The Hall–Kier alpha value is -2.37. The third kappa shape index (κ3) is 4.49. The highest BCUT2D eigenvalue weighted by atomic mass is 35.5. The predicted molar refractivity (Wildman–Crippen MR) is 111 cm³/mol. The summed E-state index contributed by atoms with van der Waals surface area (Å²) in [5.41, 5.74) is 1.88. The van der Waals surface area contributed by atoms with Crippen molar-refractivity contribution in [2.75, 3.05) is 25.0 Å². The van der Waals surface area contributed by atoms with E-state index in [1.807, 2.05) is 42.2 Å². The number of anilines is 1. The number of hydrogen-bond donors (Lipinski definition) is 1. The summed E-state index contributed by atoms with van der Waals surface area (Å²) in [5, 5.41) is 3.38. The van der Waals surface area contributed by atoms with E-state index in [1.165, 1.54) is 0 Å². The van der Waals surface area contributed by atoms with Crippen LogP contribution in [0.1, 0.15) is 34.6 Å². The van der Waals surface area contributed by atoms with Crippen molar-refractivity contribution < 1.29 is 9.59 Å². The van der Waals surface area contributed by atoms with Crippen molar-refractivity contribution in [3.8, 4) is 0 Å². The second-order valence-electron chi connectivity index (χ2n) is 6.76. The Balaban J connectivity index is 0.00000261. The highest BCUT2D eigenvalue weighted by Gasteiger charge is 2.29. The summed E-state index contributed by atoms with van der Waals surface area (Å²) in [6.07, 6.45) is 0. The van der Waals surface area contributed by atoms with Crippen molar-refractivity contribution in [2.45, 2.75) is 25.9 Å². The molecule has 27 heavy (non-hydrogen) atoms. The number of carbonyl (C=O) groups excluding carboxylic acids is 2. The van der Waals surface area contributed by atoms with Crippen LogP contribution >= 0.6 is 12.4 Å². The largest absolute Gasteiger partial charge is 0.333 e. The lowest BCUT2D eigenvalue weighted by molar-refractivity contribution is 0.0603. The van der Waals surface area contributed by atoms with E-state index >= 15 is 0 Å². The smallest absolute Gasteiger partial charge is 0.258 e. The number of benzene rings is 2. The van der Waals surface area contributed by atoms with Crippen LogP contribution in [0.5, 0.6) is 0 Å². The van der Waals surface area contributed by atoms with Crippen molar-refractivity contribution in [1.82, 2.24) is 10.2 Å². The SMILES string of the molecule is CC1NCCN(C(=O)c2cccc(C(=O)N(C)c3ccccc3)c2)C1C.Cl. The van der Waals surface area contributed by atoms with Gasteiger partial charge in [0.25, 0.3) is 11.8 Å². The number of hydrogen-bond acceptors (Lipinski definition) is 3. The second-order valence-corrected chi connectivity index (χ2v) is 6.76. The molecule has 1 fully saturated rings. The normalized spacial score (nSPS) is 19.1. The molecule has 1 N–H and O–H groups in total. The minimum Gasteiger partial charge on any atom is -0.333 e. The molecule has 2 aromatic rings. The van der Waals surface area contributed by atoms with Gasteiger partial charge in [0.2, 0.25) is 0 Å². The lowest BCUT2D eigenvalue weighted by Gasteiger charge is -2.38. The van der Waals surface area contributed by atoms with Gasteiger partial charge in [-0.05, 0) is 44.2 Å². The van der Waals surface area contributed by atoms with E-state index in [1.54, 1.807) is 36.2 Å². The number of amides is 2. The predicted octanol–water partition coefficient (Wildman–Crippen LogP) is 3.21. The zero-order valence-electron chi connectivity index (χ0n) is 15.9. The first-order chi connectivity index (χ1) is 12.5. The van der Waals surface area contributed by atoms with E-state index in [4.69, 9.17) is 0 Å². The molecule has 0 aliphatic carbocycles. The summed E-state index contributed by atoms with van der Waals surface area (Å²) in [6, 6.07) is 16.8. The van der Waals surface area contributed by atoms with Gasteiger partial charge in [-0.3, -0.25) is 9.59 Å². The van der Waals surface area contributed by atoms with Gasteiger partial charge in [-0.2, -0.15) is 0 Å². The lowest BCUT2D eigenvalue weighted by atomic mass is 10.0. The van der Waals surface area contributed by atoms with Gasteiger partial charge in [0.1, 0.15) is 0 Å². The van der Waals surface area contributed by atoms with E-state index in [2.05, 4.69) is 12.2 Å². The van der Waals surface area contributed by atoms with Gasteiger partial charge < -0.3 is 15.1 Å². The molecule has 2 unspecified atom stereocenters. The van der Waals surface area contributed by atoms with Crippen LogP contribution in [0.2, 0.25) is 0 Å². The van der Waals surface area contributed by atoms with Gasteiger partial charge in [0.05, 0.1) is 0 Å². The third-order valence-electron chi connectivity index (χ3n) is 5.10.